The second kappa shape index (κ2) is 11.6. The number of carbonyl (C=O) groups is 1. The largest absolute Gasteiger partial charge is 0.368 e. The van der Waals surface area contributed by atoms with E-state index in [4.69, 9.17) is 11.6 Å². The van der Waals surface area contributed by atoms with Crippen molar-refractivity contribution in [1.82, 2.24) is 15.2 Å². The van der Waals surface area contributed by atoms with Crippen LogP contribution in [0.3, 0.4) is 0 Å². The van der Waals surface area contributed by atoms with Crippen LogP contribution in [-0.4, -0.2) is 54.6 Å². The second-order valence-electron chi connectivity index (χ2n) is 10.3. The van der Waals surface area contributed by atoms with Gasteiger partial charge in [0, 0.05) is 43.8 Å². The van der Waals surface area contributed by atoms with Gasteiger partial charge in [-0.2, -0.15) is 0 Å². The van der Waals surface area contributed by atoms with Crippen molar-refractivity contribution in [2.75, 3.05) is 37.6 Å². The van der Waals surface area contributed by atoms with Crippen LogP contribution in [0.15, 0.2) is 54.7 Å². The first-order valence-electron chi connectivity index (χ1n) is 13.5. The molecule has 1 aliphatic heterocycles. The highest BCUT2D eigenvalue weighted by Gasteiger charge is 2.25. The molecule has 1 saturated heterocycles. The molecule has 190 valence electrons. The predicted molar refractivity (Wildman–Crippen MR) is 149 cm³/mol. The highest BCUT2D eigenvalue weighted by Crippen LogP contribution is 2.31. The fraction of sp³-hybridized carbons (Fsp3) is 0.467. The fourth-order valence-corrected chi connectivity index (χ4v) is 6.19. The van der Waals surface area contributed by atoms with Gasteiger partial charge in [0.05, 0.1) is 21.8 Å². The molecule has 2 heterocycles. The molecule has 1 amide bonds. The van der Waals surface area contributed by atoms with Crippen LogP contribution in [0, 0.1) is 5.92 Å². The molecule has 6 heteroatoms. The smallest absolute Gasteiger partial charge is 0.252 e. The predicted octanol–water partition coefficient (Wildman–Crippen LogP) is 5.95. The van der Waals surface area contributed by atoms with Gasteiger partial charge >= 0.3 is 0 Å². The molecule has 5 nitrogen and oxygen atoms in total. The molecule has 1 N–H and O–H groups in total. The average molecular weight is 505 g/mol. The number of carbonyl (C=O) groups excluding carboxylic acids is 1. The highest BCUT2D eigenvalue weighted by atomic mass is 35.5. The van der Waals surface area contributed by atoms with E-state index in [0.29, 0.717) is 0 Å². The van der Waals surface area contributed by atoms with Crippen molar-refractivity contribution < 1.29 is 4.79 Å². The average Bonchev–Trinajstić information content (AvgIpc) is 2.93. The first kappa shape index (κ1) is 25.0. The van der Waals surface area contributed by atoms with E-state index in [2.05, 4.69) is 45.2 Å². The Hall–Kier alpha value is -2.63. The molecule has 1 aromatic heterocycles. The summed E-state index contributed by atoms with van der Waals surface area (Å²) in [7, 11) is 0. The quantitative estimate of drug-likeness (QED) is 0.432. The SMILES string of the molecule is CCc1cccc(N2CCN(CC[C@H]3CC[C@H](NC(=O)c4ccnc5ccccc45)CC3)CC2)c1Cl. The normalized spacial score (nSPS) is 21.0. The summed E-state index contributed by atoms with van der Waals surface area (Å²) in [6.45, 7) is 7.59. The lowest BCUT2D eigenvalue weighted by atomic mass is 9.84. The minimum atomic E-state index is 0.0273. The highest BCUT2D eigenvalue weighted by molar-refractivity contribution is 6.34. The minimum absolute atomic E-state index is 0.0273. The summed E-state index contributed by atoms with van der Waals surface area (Å²) in [6.07, 6.45) is 8.48. The Morgan fingerprint density at radius 3 is 2.56 bits per heavy atom. The van der Waals surface area contributed by atoms with Gasteiger partial charge in [-0.15, -0.1) is 0 Å². The molecule has 2 fully saturated rings. The second-order valence-corrected chi connectivity index (χ2v) is 10.7. The third kappa shape index (κ3) is 5.68. The van der Waals surface area contributed by atoms with E-state index < -0.39 is 0 Å². The molecule has 2 aromatic carbocycles. The summed E-state index contributed by atoms with van der Waals surface area (Å²) in [4.78, 5) is 22.4. The van der Waals surface area contributed by atoms with Gasteiger partial charge in [0.2, 0.25) is 0 Å². The number of rotatable bonds is 7. The molecule has 0 radical (unpaired) electrons. The lowest BCUT2D eigenvalue weighted by molar-refractivity contribution is 0.0921. The van der Waals surface area contributed by atoms with Crippen LogP contribution in [0.25, 0.3) is 10.9 Å². The van der Waals surface area contributed by atoms with Gasteiger partial charge in [0.25, 0.3) is 5.91 Å². The monoisotopic (exact) mass is 504 g/mol. The number of amides is 1. The number of pyridine rings is 1. The molecule has 1 saturated carbocycles. The number of hydrogen-bond donors (Lipinski definition) is 1. The molecule has 0 atom stereocenters. The van der Waals surface area contributed by atoms with E-state index in [1.54, 1.807) is 6.20 Å². The number of aryl methyl sites for hydroxylation is 1. The van der Waals surface area contributed by atoms with E-state index in [9.17, 15) is 4.79 Å². The van der Waals surface area contributed by atoms with E-state index >= 15 is 0 Å². The van der Waals surface area contributed by atoms with E-state index in [0.717, 1.165) is 72.8 Å². The number of nitrogens with one attached hydrogen (secondary N) is 1. The van der Waals surface area contributed by atoms with Crippen LogP contribution in [-0.2, 0) is 6.42 Å². The van der Waals surface area contributed by atoms with E-state index in [-0.39, 0.29) is 11.9 Å². The Labute approximate surface area is 219 Å². The van der Waals surface area contributed by atoms with Crippen molar-refractivity contribution in [2.45, 2.75) is 51.5 Å². The van der Waals surface area contributed by atoms with Gasteiger partial charge in [0.1, 0.15) is 0 Å². The summed E-state index contributed by atoms with van der Waals surface area (Å²) in [5.41, 5.74) is 4.02. The maximum Gasteiger partial charge on any atom is 0.252 e. The molecule has 0 bridgehead atoms. The molecular formula is C30H37ClN4O. The van der Waals surface area contributed by atoms with Crippen LogP contribution in [0.4, 0.5) is 5.69 Å². The van der Waals surface area contributed by atoms with Gasteiger partial charge in [-0.05, 0) is 74.8 Å². The summed E-state index contributed by atoms with van der Waals surface area (Å²) < 4.78 is 0. The molecular weight excluding hydrogens is 468 g/mol. The molecule has 5 rings (SSSR count). The maximum absolute atomic E-state index is 13.0. The first-order valence-corrected chi connectivity index (χ1v) is 13.9. The molecule has 0 spiro atoms. The van der Waals surface area contributed by atoms with E-state index in [1.165, 1.54) is 37.1 Å². The Morgan fingerprint density at radius 1 is 1.00 bits per heavy atom. The van der Waals surface area contributed by atoms with Crippen molar-refractivity contribution in [2.24, 2.45) is 5.92 Å². The van der Waals surface area contributed by atoms with Crippen LogP contribution in [0.1, 0.15) is 54.9 Å². The zero-order valence-corrected chi connectivity index (χ0v) is 22.0. The Kier molecular flexibility index (Phi) is 8.08. The molecule has 3 aromatic rings. The minimum Gasteiger partial charge on any atom is -0.368 e. The van der Waals surface area contributed by atoms with Gasteiger partial charge in [-0.1, -0.05) is 48.9 Å². The molecule has 0 unspecified atom stereocenters. The Morgan fingerprint density at radius 2 is 1.78 bits per heavy atom. The van der Waals surface area contributed by atoms with Crippen molar-refractivity contribution in [3.05, 3.63) is 70.9 Å². The van der Waals surface area contributed by atoms with Crippen LogP contribution >= 0.6 is 11.6 Å². The number of halogens is 1. The number of anilines is 1. The third-order valence-corrected chi connectivity index (χ3v) is 8.52. The zero-order chi connectivity index (χ0) is 24.9. The number of nitrogens with zero attached hydrogens (tertiary/aromatic N) is 3. The third-order valence-electron chi connectivity index (χ3n) is 8.08. The number of hydrogen-bond acceptors (Lipinski definition) is 4. The zero-order valence-electron chi connectivity index (χ0n) is 21.3. The molecule has 36 heavy (non-hydrogen) atoms. The summed E-state index contributed by atoms with van der Waals surface area (Å²) >= 11 is 6.66. The standard InChI is InChI=1S/C30H37ClN4O/c1-2-23-6-5-9-28(29(23)31)35-20-18-34(19-21-35)17-15-22-10-12-24(13-11-22)33-30(36)26-14-16-32-27-8-4-3-7-25(26)27/h3-9,14,16,22,24H,2,10-13,15,17-21H2,1H3,(H,33,36)/t22-,24-. The number of piperazine rings is 1. The topological polar surface area (TPSA) is 48.5 Å². The van der Waals surface area contributed by atoms with Crippen molar-refractivity contribution in [3.63, 3.8) is 0 Å². The van der Waals surface area contributed by atoms with Crippen LogP contribution in [0.2, 0.25) is 5.02 Å². The fourth-order valence-electron chi connectivity index (χ4n) is 5.81. The summed E-state index contributed by atoms with van der Waals surface area (Å²) in [6, 6.07) is 16.4. The van der Waals surface area contributed by atoms with Crippen molar-refractivity contribution in [3.8, 4) is 0 Å². The van der Waals surface area contributed by atoms with Crippen molar-refractivity contribution >= 4 is 34.1 Å². The van der Waals surface area contributed by atoms with Gasteiger partial charge < -0.3 is 10.2 Å². The van der Waals surface area contributed by atoms with Crippen molar-refractivity contribution in [1.29, 1.82) is 0 Å². The molecule has 2 aliphatic rings. The number of para-hydroxylation sites is 1. The summed E-state index contributed by atoms with van der Waals surface area (Å²) in [5, 5.41) is 5.14. The number of aromatic nitrogens is 1. The lowest BCUT2D eigenvalue weighted by Gasteiger charge is -2.37. The number of fused-ring (bicyclic) bond motifs is 1. The van der Waals surface area contributed by atoms with Crippen LogP contribution < -0.4 is 10.2 Å². The molecule has 1 aliphatic carbocycles. The number of benzene rings is 2. The Balaban J connectivity index is 1.05. The Bertz CT molecular complexity index is 1180. The lowest BCUT2D eigenvalue weighted by Crippen LogP contribution is -2.47. The van der Waals surface area contributed by atoms with Crippen LogP contribution in [0.5, 0.6) is 0 Å². The summed E-state index contributed by atoms with van der Waals surface area (Å²) in [5.74, 6) is 0.785. The van der Waals surface area contributed by atoms with Gasteiger partial charge in [-0.3, -0.25) is 14.7 Å². The van der Waals surface area contributed by atoms with Gasteiger partial charge in [-0.25, -0.2) is 0 Å². The van der Waals surface area contributed by atoms with E-state index in [1.807, 2.05) is 30.3 Å². The van der Waals surface area contributed by atoms with Gasteiger partial charge in [0.15, 0.2) is 0 Å². The first-order chi connectivity index (χ1) is 17.6. The maximum atomic E-state index is 13.0.